The molecule has 2 fully saturated rings. The number of nitro benzene ring substituents is 1. The summed E-state index contributed by atoms with van der Waals surface area (Å²) in [6.07, 6.45) is 3.07. The van der Waals surface area contributed by atoms with E-state index in [1.54, 1.807) is 6.07 Å². The molecule has 3 rings (SSSR count). The molecule has 2 aliphatic rings. The average Bonchev–Trinajstić information content (AvgIpc) is 3.09. The zero-order valence-corrected chi connectivity index (χ0v) is 14.8. The largest absolute Gasteiger partial charge is 0.369 e. The van der Waals surface area contributed by atoms with Gasteiger partial charge in [-0.1, -0.05) is 0 Å². The lowest BCUT2D eigenvalue weighted by Crippen LogP contribution is -2.40. The Labute approximate surface area is 152 Å². The number of nitro groups is 1. The fourth-order valence-electron chi connectivity index (χ4n) is 3.63. The summed E-state index contributed by atoms with van der Waals surface area (Å²) < 4.78 is 0. The molecule has 0 bridgehead atoms. The van der Waals surface area contributed by atoms with E-state index in [1.807, 2.05) is 4.90 Å². The number of non-ortho nitro benzene ring substituents is 1. The van der Waals surface area contributed by atoms with Crippen LogP contribution in [0, 0.1) is 21.4 Å². The normalized spacial score (nSPS) is 18.4. The van der Waals surface area contributed by atoms with Gasteiger partial charge in [0.2, 0.25) is 5.91 Å². The molecule has 0 N–H and O–H groups in total. The first-order valence-corrected chi connectivity index (χ1v) is 9.02. The topological polar surface area (TPSA) is 93.7 Å². The Kier molecular flexibility index (Phi) is 5.68. The Hall–Kier alpha value is -2.66. The lowest BCUT2D eigenvalue weighted by Gasteiger charge is -2.25. The van der Waals surface area contributed by atoms with Crippen molar-refractivity contribution in [2.75, 3.05) is 50.7 Å². The van der Waals surface area contributed by atoms with Crippen molar-refractivity contribution in [3.63, 3.8) is 0 Å². The number of nitriles is 1. The highest BCUT2D eigenvalue weighted by Gasteiger charge is 2.23. The molecule has 0 aliphatic carbocycles. The zero-order chi connectivity index (χ0) is 18.5. The number of carbonyl (C=O) groups excluding carboxylic acids is 1. The molecule has 1 amide bonds. The maximum atomic E-state index is 12.3. The molecule has 138 valence electrons. The van der Waals surface area contributed by atoms with Crippen LogP contribution in [0.3, 0.4) is 0 Å². The Balaban J connectivity index is 1.64. The maximum Gasteiger partial charge on any atom is 0.270 e. The van der Waals surface area contributed by atoms with Crippen molar-refractivity contribution in [2.24, 2.45) is 0 Å². The van der Waals surface area contributed by atoms with Crippen LogP contribution in [0.5, 0.6) is 0 Å². The zero-order valence-electron chi connectivity index (χ0n) is 14.8. The number of carbonyl (C=O) groups is 1. The van der Waals surface area contributed by atoms with E-state index in [4.69, 9.17) is 0 Å². The second-order valence-corrected chi connectivity index (χ2v) is 6.78. The van der Waals surface area contributed by atoms with Crippen LogP contribution >= 0.6 is 0 Å². The highest BCUT2D eigenvalue weighted by Crippen LogP contribution is 2.26. The quantitative estimate of drug-likeness (QED) is 0.600. The summed E-state index contributed by atoms with van der Waals surface area (Å²) in [6, 6.07) is 6.49. The van der Waals surface area contributed by atoms with E-state index in [0.29, 0.717) is 18.7 Å². The van der Waals surface area contributed by atoms with E-state index in [9.17, 15) is 20.2 Å². The average molecular weight is 357 g/mol. The van der Waals surface area contributed by atoms with Crippen molar-refractivity contribution >= 4 is 17.3 Å². The van der Waals surface area contributed by atoms with E-state index in [1.165, 1.54) is 12.1 Å². The van der Waals surface area contributed by atoms with Gasteiger partial charge in [0.15, 0.2) is 0 Å². The van der Waals surface area contributed by atoms with Crippen LogP contribution in [0.4, 0.5) is 11.4 Å². The smallest absolute Gasteiger partial charge is 0.270 e. The van der Waals surface area contributed by atoms with Gasteiger partial charge in [-0.05, 0) is 25.3 Å². The highest BCUT2D eigenvalue weighted by atomic mass is 16.6. The Morgan fingerprint density at radius 3 is 2.58 bits per heavy atom. The molecule has 1 aromatic carbocycles. The third-order valence-corrected chi connectivity index (χ3v) is 5.06. The van der Waals surface area contributed by atoms with E-state index < -0.39 is 4.92 Å². The van der Waals surface area contributed by atoms with Crippen LogP contribution in [0.2, 0.25) is 0 Å². The molecule has 0 aromatic heterocycles. The molecule has 0 atom stereocenters. The molecular formula is C18H23N5O3. The highest BCUT2D eigenvalue weighted by molar-refractivity contribution is 5.78. The van der Waals surface area contributed by atoms with Gasteiger partial charge in [-0.3, -0.25) is 19.8 Å². The summed E-state index contributed by atoms with van der Waals surface area (Å²) in [6.45, 7) is 5.21. The van der Waals surface area contributed by atoms with Crippen LogP contribution in [0.15, 0.2) is 18.2 Å². The fraction of sp³-hybridized carbons (Fsp3) is 0.556. The van der Waals surface area contributed by atoms with Gasteiger partial charge in [-0.25, -0.2) is 0 Å². The molecule has 0 spiro atoms. The second-order valence-electron chi connectivity index (χ2n) is 6.78. The first-order chi connectivity index (χ1) is 12.6. The van der Waals surface area contributed by atoms with Crippen molar-refractivity contribution in [1.82, 2.24) is 9.80 Å². The molecule has 0 radical (unpaired) electrons. The molecular weight excluding hydrogens is 334 g/mol. The van der Waals surface area contributed by atoms with Crippen LogP contribution in [0.25, 0.3) is 0 Å². The number of likely N-dealkylation sites (tertiary alicyclic amines) is 1. The van der Waals surface area contributed by atoms with Crippen LogP contribution < -0.4 is 4.90 Å². The van der Waals surface area contributed by atoms with Gasteiger partial charge >= 0.3 is 0 Å². The Morgan fingerprint density at radius 2 is 1.88 bits per heavy atom. The standard InChI is InChI=1S/C18H23N5O3/c19-13-15-12-16(23(25)26)4-5-17(15)21-9-3-6-20(10-11-21)14-18(24)22-7-1-2-8-22/h4-5,12H,1-3,6-11,14H2. The monoisotopic (exact) mass is 357 g/mol. The van der Waals surface area contributed by atoms with Gasteiger partial charge in [-0.2, -0.15) is 5.26 Å². The van der Waals surface area contributed by atoms with Crippen molar-refractivity contribution < 1.29 is 9.72 Å². The van der Waals surface area contributed by atoms with Crippen molar-refractivity contribution in [2.45, 2.75) is 19.3 Å². The van der Waals surface area contributed by atoms with E-state index in [2.05, 4.69) is 15.9 Å². The molecule has 8 heteroatoms. The van der Waals surface area contributed by atoms with E-state index in [-0.39, 0.29) is 11.6 Å². The number of hydrogen-bond donors (Lipinski definition) is 0. The van der Waals surface area contributed by atoms with Crippen LogP contribution in [-0.4, -0.2) is 66.4 Å². The number of amides is 1. The van der Waals surface area contributed by atoms with Crippen molar-refractivity contribution in [3.8, 4) is 6.07 Å². The Bertz CT molecular complexity index is 724. The second kappa shape index (κ2) is 8.15. The lowest BCUT2D eigenvalue weighted by atomic mass is 10.1. The predicted molar refractivity (Wildman–Crippen MR) is 96.9 cm³/mol. The van der Waals surface area contributed by atoms with Gasteiger partial charge in [-0.15, -0.1) is 0 Å². The molecule has 1 aromatic rings. The van der Waals surface area contributed by atoms with E-state index in [0.717, 1.165) is 57.7 Å². The summed E-state index contributed by atoms with van der Waals surface area (Å²) in [7, 11) is 0. The van der Waals surface area contributed by atoms with Gasteiger partial charge in [0.25, 0.3) is 5.69 Å². The summed E-state index contributed by atoms with van der Waals surface area (Å²) in [5, 5.41) is 20.3. The van der Waals surface area contributed by atoms with Crippen molar-refractivity contribution in [1.29, 1.82) is 5.26 Å². The lowest BCUT2D eigenvalue weighted by molar-refractivity contribution is -0.384. The third kappa shape index (κ3) is 4.11. The summed E-state index contributed by atoms with van der Waals surface area (Å²) >= 11 is 0. The molecule has 8 nitrogen and oxygen atoms in total. The molecule has 2 heterocycles. The van der Waals surface area contributed by atoms with Crippen LogP contribution in [-0.2, 0) is 4.79 Å². The number of nitrogens with zero attached hydrogens (tertiary/aromatic N) is 5. The minimum Gasteiger partial charge on any atom is -0.369 e. The van der Waals surface area contributed by atoms with Gasteiger partial charge in [0, 0.05) is 51.4 Å². The number of anilines is 1. The summed E-state index contributed by atoms with van der Waals surface area (Å²) in [4.78, 5) is 28.9. The number of rotatable bonds is 4. The minimum absolute atomic E-state index is 0.0713. The first kappa shape index (κ1) is 18.1. The number of benzene rings is 1. The summed E-state index contributed by atoms with van der Waals surface area (Å²) in [5.41, 5.74) is 0.976. The van der Waals surface area contributed by atoms with Gasteiger partial charge in [0.1, 0.15) is 6.07 Å². The Morgan fingerprint density at radius 1 is 1.12 bits per heavy atom. The van der Waals surface area contributed by atoms with Crippen molar-refractivity contribution in [3.05, 3.63) is 33.9 Å². The third-order valence-electron chi connectivity index (χ3n) is 5.06. The van der Waals surface area contributed by atoms with Crippen LogP contribution in [0.1, 0.15) is 24.8 Å². The van der Waals surface area contributed by atoms with Gasteiger partial charge < -0.3 is 9.80 Å². The van der Waals surface area contributed by atoms with Gasteiger partial charge in [0.05, 0.1) is 22.7 Å². The minimum atomic E-state index is -0.487. The molecule has 0 saturated carbocycles. The molecule has 2 saturated heterocycles. The summed E-state index contributed by atoms with van der Waals surface area (Å²) in [5.74, 6) is 0.198. The fourth-order valence-corrected chi connectivity index (χ4v) is 3.63. The maximum absolute atomic E-state index is 12.3. The van der Waals surface area contributed by atoms with E-state index >= 15 is 0 Å². The molecule has 26 heavy (non-hydrogen) atoms. The number of hydrogen-bond acceptors (Lipinski definition) is 6. The predicted octanol–water partition coefficient (Wildman–Crippen LogP) is 1.60. The SMILES string of the molecule is N#Cc1cc([N+](=O)[O-])ccc1N1CCCN(CC(=O)N2CCCC2)CC1. The first-order valence-electron chi connectivity index (χ1n) is 9.02. The molecule has 2 aliphatic heterocycles. The molecule has 0 unspecified atom stereocenters.